The number of epoxide rings is 1. The molecule has 6 rings (SSSR count). The average Bonchev–Trinajstić information content (AvgIpc) is 3.33. The van der Waals surface area contributed by atoms with Crippen molar-refractivity contribution in [2.24, 2.45) is 28.6 Å². The van der Waals surface area contributed by atoms with Crippen LogP contribution in [0.4, 0.5) is 0 Å². The van der Waals surface area contributed by atoms with E-state index < -0.39 is 0 Å². The number of aliphatic hydroxyl groups excluding tert-OH is 1. The Bertz CT molecular complexity index is 842. The van der Waals surface area contributed by atoms with E-state index in [0.29, 0.717) is 29.3 Å². The zero-order valence-electron chi connectivity index (χ0n) is 17.0. The minimum atomic E-state index is -0.266. The zero-order valence-corrected chi connectivity index (χ0v) is 17.0. The number of rotatable bonds is 1. The van der Waals surface area contributed by atoms with Gasteiger partial charge in [0.25, 0.3) is 0 Å². The van der Waals surface area contributed by atoms with Crippen LogP contribution in [0.1, 0.15) is 76.7 Å². The molecule has 28 heavy (non-hydrogen) atoms. The lowest BCUT2D eigenvalue weighted by Gasteiger charge is -2.61. The van der Waals surface area contributed by atoms with Crippen molar-refractivity contribution in [3.05, 3.63) is 34.4 Å². The van der Waals surface area contributed by atoms with Crippen LogP contribution >= 0.6 is 0 Å². The van der Waals surface area contributed by atoms with Crippen molar-refractivity contribution in [1.29, 1.82) is 0 Å². The fourth-order valence-corrected chi connectivity index (χ4v) is 8.74. The summed E-state index contributed by atoms with van der Waals surface area (Å²) in [4.78, 5) is 11.4. The van der Waals surface area contributed by atoms with E-state index in [4.69, 9.17) is 9.15 Å². The summed E-state index contributed by atoms with van der Waals surface area (Å²) >= 11 is 0. The minimum absolute atomic E-state index is 0.0285. The molecule has 0 radical (unpaired) electrons. The Hall–Kier alpha value is -1.13. The van der Waals surface area contributed by atoms with Gasteiger partial charge in [0.05, 0.1) is 18.5 Å². The Kier molecular flexibility index (Phi) is 3.49. The largest absolute Gasteiger partial charge is 0.431 e. The van der Waals surface area contributed by atoms with Crippen LogP contribution in [0.2, 0.25) is 0 Å². The highest BCUT2D eigenvalue weighted by molar-refractivity contribution is 5.35. The number of aliphatic hydroxyl groups is 1. The predicted octanol–water partition coefficient (Wildman–Crippen LogP) is 4.26. The van der Waals surface area contributed by atoms with Crippen molar-refractivity contribution in [3.8, 4) is 0 Å². The van der Waals surface area contributed by atoms with Gasteiger partial charge in [0.15, 0.2) is 0 Å². The lowest BCUT2D eigenvalue weighted by molar-refractivity contribution is -0.139. The number of hydrogen-bond donors (Lipinski definition) is 1. The summed E-state index contributed by atoms with van der Waals surface area (Å²) in [5.74, 6) is 2.48. The van der Waals surface area contributed by atoms with E-state index in [2.05, 4.69) is 13.8 Å². The molecule has 1 N–H and O–H groups in total. The third kappa shape index (κ3) is 2.01. The lowest BCUT2D eigenvalue weighted by Crippen LogP contribution is -2.58. The molecule has 1 saturated heterocycles. The molecule has 0 bridgehead atoms. The highest BCUT2D eigenvalue weighted by Gasteiger charge is 2.80. The fourth-order valence-electron chi connectivity index (χ4n) is 8.74. The molecule has 1 aliphatic heterocycles. The highest BCUT2D eigenvalue weighted by Crippen LogP contribution is 2.77. The van der Waals surface area contributed by atoms with Gasteiger partial charge in [-0.3, -0.25) is 0 Å². The van der Waals surface area contributed by atoms with Gasteiger partial charge in [0, 0.05) is 11.5 Å². The van der Waals surface area contributed by atoms with E-state index in [0.717, 1.165) is 25.2 Å². The van der Waals surface area contributed by atoms with Gasteiger partial charge in [-0.1, -0.05) is 13.8 Å². The maximum atomic E-state index is 11.4. The smallest absolute Gasteiger partial charge is 0.335 e. The summed E-state index contributed by atoms with van der Waals surface area (Å²) in [5, 5.41) is 10.2. The standard InChI is InChI=1S/C24H32O4/c1-22-9-7-16(25)11-15(22)4-5-18-17(22)8-10-23(2)19(12-20-24(18,23)28-20)14-3-6-21(26)27-13-14/h3,6,13,15-20,25H,4-5,7-12H2,1-2H3/t15-,16+,17?,18-,19+,20-,22+,23-,24-/m1/s1. The first-order valence-electron chi connectivity index (χ1n) is 11.3. The molecule has 4 heteroatoms. The summed E-state index contributed by atoms with van der Waals surface area (Å²) in [6, 6.07) is 3.55. The minimum Gasteiger partial charge on any atom is -0.431 e. The Morgan fingerprint density at radius 2 is 1.89 bits per heavy atom. The maximum absolute atomic E-state index is 11.4. The quantitative estimate of drug-likeness (QED) is 0.735. The summed E-state index contributed by atoms with van der Waals surface area (Å²) in [5.41, 5.74) is 1.44. The van der Waals surface area contributed by atoms with Crippen molar-refractivity contribution in [3.63, 3.8) is 0 Å². The maximum Gasteiger partial charge on any atom is 0.335 e. The first-order valence-corrected chi connectivity index (χ1v) is 11.3. The summed E-state index contributed by atoms with van der Waals surface area (Å²) in [6.07, 6.45) is 11.1. The van der Waals surface area contributed by atoms with E-state index >= 15 is 0 Å². The van der Waals surface area contributed by atoms with Gasteiger partial charge in [-0.2, -0.15) is 0 Å². The van der Waals surface area contributed by atoms with E-state index in [-0.39, 0.29) is 22.7 Å². The van der Waals surface area contributed by atoms with Crippen LogP contribution in [0, 0.1) is 28.6 Å². The molecule has 1 unspecified atom stereocenters. The second-order valence-corrected chi connectivity index (χ2v) is 11.0. The van der Waals surface area contributed by atoms with E-state index in [1.165, 1.54) is 37.7 Å². The number of fused-ring (bicyclic) bond motifs is 3. The summed E-state index contributed by atoms with van der Waals surface area (Å²) < 4.78 is 11.8. The van der Waals surface area contributed by atoms with Gasteiger partial charge in [-0.05, 0) is 92.1 Å². The third-order valence-corrected chi connectivity index (χ3v) is 10.2. The molecule has 9 atom stereocenters. The van der Waals surface area contributed by atoms with E-state index in [1.807, 2.05) is 6.07 Å². The Morgan fingerprint density at radius 1 is 1.04 bits per heavy atom. The van der Waals surface area contributed by atoms with Crippen LogP contribution in [0.15, 0.2) is 27.6 Å². The van der Waals surface area contributed by atoms with Crippen molar-refractivity contribution >= 4 is 0 Å². The number of hydrogen-bond acceptors (Lipinski definition) is 4. The molecule has 1 aromatic rings. The van der Waals surface area contributed by atoms with Gasteiger partial charge in [-0.25, -0.2) is 4.79 Å². The molecule has 5 fully saturated rings. The first kappa shape index (κ1) is 17.7. The Morgan fingerprint density at radius 3 is 2.68 bits per heavy atom. The molecular weight excluding hydrogens is 352 g/mol. The molecule has 1 spiro atoms. The van der Waals surface area contributed by atoms with Crippen LogP contribution in [-0.2, 0) is 4.74 Å². The van der Waals surface area contributed by atoms with Crippen LogP contribution in [0.25, 0.3) is 0 Å². The van der Waals surface area contributed by atoms with E-state index in [9.17, 15) is 9.90 Å². The zero-order chi connectivity index (χ0) is 19.3. The van der Waals surface area contributed by atoms with Crippen LogP contribution in [-0.4, -0.2) is 22.9 Å². The highest BCUT2D eigenvalue weighted by atomic mass is 16.6. The second-order valence-electron chi connectivity index (χ2n) is 11.0. The molecule has 4 nitrogen and oxygen atoms in total. The predicted molar refractivity (Wildman–Crippen MR) is 105 cm³/mol. The number of ether oxygens (including phenoxy) is 1. The van der Waals surface area contributed by atoms with Crippen molar-refractivity contribution in [2.75, 3.05) is 0 Å². The molecular formula is C24H32O4. The molecule has 4 aliphatic carbocycles. The molecule has 0 aromatic carbocycles. The molecule has 4 saturated carbocycles. The molecule has 1 aromatic heterocycles. The van der Waals surface area contributed by atoms with Crippen molar-refractivity contribution < 1.29 is 14.3 Å². The molecule has 0 amide bonds. The van der Waals surface area contributed by atoms with Gasteiger partial charge in [0.1, 0.15) is 5.60 Å². The molecule has 5 aliphatic rings. The van der Waals surface area contributed by atoms with Gasteiger partial charge < -0.3 is 14.3 Å². The van der Waals surface area contributed by atoms with Crippen LogP contribution in [0.5, 0.6) is 0 Å². The Labute approximate surface area is 166 Å². The topological polar surface area (TPSA) is 63.0 Å². The van der Waals surface area contributed by atoms with Gasteiger partial charge in [0.2, 0.25) is 0 Å². The lowest BCUT2D eigenvalue weighted by atomic mass is 9.44. The first-order chi connectivity index (χ1) is 13.4. The fraction of sp³-hybridized carbons (Fsp3) is 0.792. The normalized spacial score (nSPS) is 54.2. The SMILES string of the molecule is C[C@]12CC[C@H](O)C[C@H]1CC[C@@H]1C2CC[C@]2(C)[C@H](c3ccc(=O)oc3)C[C@H]3O[C@]132. The van der Waals surface area contributed by atoms with Gasteiger partial charge in [-0.15, -0.1) is 0 Å². The van der Waals surface area contributed by atoms with Crippen molar-refractivity contribution in [2.45, 2.75) is 88.9 Å². The van der Waals surface area contributed by atoms with Gasteiger partial charge >= 0.3 is 5.63 Å². The van der Waals surface area contributed by atoms with Crippen molar-refractivity contribution in [1.82, 2.24) is 0 Å². The molecule has 152 valence electrons. The second kappa shape index (κ2) is 5.51. The monoisotopic (exact) mass is 384 g/mol. The van der Waals surface area contributed by atoms with E-state index in [1.54, 1.807) is 12.3 Å². The average molecular weight is 385 g/mol. The van der Waals surface area contributed by atoms with Crippen LogP contribution in [0.3, 0.4) is 0 Å². The Balaban J connectivity index is 1.36. The summed E-state index contributed by atoms with van der Waals surface area (Å²) in [6.45, 7) is 4.97. The molecule has 2 heterocycles. The summed E-state index contributed by atoms with van der Waals surface area (Å²) in [7, 11) is 0. The third-order valence-electron chi connectivity index (χ3n) is 10.2. The van der Waals surface area contributed by atoms with Crippen LogP contribution < -0.4 is 5.63 Å².